The third-order valence-corrected chi connectivity index (χ3v) is 2.62. The van der Waals surface area contributed by atoms with E-state index in [9.17, 15) is 4.79 Å². The maximum absolute atomic E-state index is 11.5. The lowest BCUT2D eigenvalue weighted by molar-refractivity contribution is 0.0362. The molecule has 0 aromatic carbocycles. The lowest BCUT2D eigenvalue weighted by Crippen LogP contribution is -2.18. The van der Waals surface area contributed by atoms with Crippen molar-refractivity contribution in [3.8, 4) is 0 Å². The minimum absolute atomic E-state index is 0.0282. The van der Waals surface area contributed by atoms with Gasteiger partial charge < -0.3 is 14.8 Å². The third kappa shape index (κ3) is 4.99. The van der Waals surface area contributed by atoms with Crippen molar-refractivity contribution in [3.63, 3.8) is 0 Å². The number of hydrogen-bond donors (Lipinski definition) is 2. The SMILES string of the molecule is CCCCC[C@H](CO)COC(=O)c1ncc[nH]1. The normalized spacial score (nSPS) is 12.4. The number of carbonyl (C=O) groups excluding carboxylic acids is 1. The first kappa shape index (κ1) is 13.7. The molecule has 0 unspecified atom stereocenters. The van der Waals surface area contributed by atoms with E-state index < -0.39 is 5.97 Å². The molecule has 1 heterocycles. The van der Waals surface area contributed by atoms with Gasteiger partial charge in [0, 0.05) is 24.9 Å². The lowest BCUT2D eigenvalue weighted by atomic mass is 10.0. The first-order chi connectivity index (χ1) is 8.27. The Morgan fingerprint density at radius 2 is 2.41 bits per heavy atom. The molecule has 1 rings (SSSR count). The van der Waals surface area contributed by atoms with Gasteiger partial charge in [-0.3, -0.25) is 0 Å². The average molecular weight is 240 g/mol. The molecule has 5 nitrogen and oxygen atoms in total. The molecule has 1 aromatic rings. The lowest BCUT2D eigenvalue weighted by Gasteiger charge is -2.13. The Kier molecular flexibility index (Phi) is 6.32. The summed E-state index contributed by atoms with van der Waals surface area (Å²) < 4.78 is 5.08. The topological polar surface area (TPSA) is 75.2 Å². The van der Waals surface area contributed by atoms with E-state index in [0.717, 1.165) is 25.7 Å². The molecular weight excluding hydrogens is 220 g/mol. The standard InChI is InChI=1S/C12H20N2O3/c1-2-3-4-5-10(8-15)9-17-12(16)11-13-6-7-14-11/h6-7,10,15H,2-5,8-9H2,1H3,(H,13,14)/t10-/m1/s1. The van der Waals surface area contributed by atoms with E-state index in [1.807, 2.05) is 0 Å². The summed E-state index contributed by atoms with van der Waals surface area (Å²) in [6.45, 7) is 2.43. The molecule has 17 heavy (non-hydrogen) atoms. The average Bonchev–Trinajstić information content (AvgIpc) is 2.87. The zero-order valence-electron chi connectivity index (χ0n) is 10.2. The number of aromatic amines is 1. The summed E-state index contributed by atoms with van der Waals surface area (Å²) in [7, 11) is 0. The number of carbonyl (C=O) groups is 1. The molecule has 0 radical (unpaired) electrons. The number of nitrogens with one attached hydrogen (secondary N) is 1. The number of esters is 1. The number of aromatic nitrogens is 2. The monoisotopic (exact) mass is 240 g/mol. The van der Waals surface area contributed by atoms with Gasteiger partial charge in [-0.15, -0.1) is 0 Å². The number of aliphatic hydroxyl groups excluding tert-OH is 1. The fourth-order valence-electron chi connectivity index (χ4n) is 1.55. The molecule has 0 bridgehead atoms. The first-order valence-corrected chi connectivity index (χ1v) is 6.05. The fraction of sp³-hybridized carbons (Fsp3) is 0.667. The van der Waals surface area contributed by atoms with E-state index in [0.29, 0.717) is 0 Å². The van der Waals surface area contributed by atoms with Crippen molar-refractivity contribution < 1.29 is 14.6 Å². The van der Waals surface area contributed by atoms with E-state index in [1.165, 1.54) is 6.20 Å². The van der Waals surface area contributed by atoms with Crippen LogP contribution in [0.3, 0.4) is 0 Å². The first-order valence-electron chi connectivity index (χ1n) is 6.05. The van der Waals surface area contributed by atoms with Gasteiger partial charge >= 0.3 is 5.97 Å². The molecule has 96 valence electrons. The van der Waals surface area contributed by atoms with Gasteiger partial charge in [0.15, 0.2) is 0 Å². The van der Waals surface area contributed by atoms with Crippen LogP contribution in [-0.4, -0.2) is 34.3 Å². The summed E-state index contributed by atoms with van der Waals surface area (Å²) in [5.74, 6) is -0.236. The molecule has 5 heteroatoms. The van der Waals surface area contributed by atoms with Crippen LogP contribution < -0.4 is 0 Å². The molecule has 0 amide bonds. The highest BCUT2D eigenvalue weighted by molar-refractivity contribution is 5.85. The molecule has 1 atom stereocenters. The summed E-state index contributed by atoms with van der Waals surface area (Å²) in [4.78, 5) is 17.9. The van der Waals surface area contributed by atoms with Crippen molar-refractivity contribution >= 4 is 5.97 Å². The molecule has 0 fully saturated rings. The van der Waals surface area contributed by atoms with Gasteiger partial charge in [-0.05, 0) is 6.42 Å². The molecule has 0 saturated heterocycles. The van der Waals surface area contributed by atoms with Gasteiger partial charge in [0.2, 0.25) is 5.82 Å². The molecule has 0 aliphatic rings. The Bertz CT molecular complexity index is 312. The largest absolute Gasteiger partial charge is 0.459 e. The van der Waals surface area contributed by atoms with Gasteiger partial charge in [0.25, 0.3) is 0 Å². The summed E-state index contributed by atoms with van der Waals surface area (Å²) in [6, 6.07) is 0. The number of aliphatic hydroxyl groups is 1. The summed E-state index contributed by atoms with van der Waals surface area (Å²) in [5.41, 5.74) is 0. The predicted molar refractivity (Wildman–Crippen MR) is 63.6 cm³/mol. The number of ether oxygens (including phenoxy) is 1. The van der Waals surface area contributed by atoms with Crippen LogP contribution in [-0.2, 0) is 4.74 Å². The summed E-state index contributed by atoms with van der Waals surface area (Å²) in [5, 5.41) is 9.15. The molecule has 0 spiro atoms. The van der Waals surface area contributed by atoms with Crippen LogP contribution >= 0.6 is 0 Å². The van der Waals surface area contributed by atoms with E-state index in [1.54, 1.807) is 6.20 Å². The number of rotatable bonds is 8. The Morgan fingerprint density at radius 1 is 1.59 bits per heavy atom. The summed E-state index contributed by atoms with van der Waals surface area (Å²) >= 11 is 0. The number of hydrogen-bond acceptors (Lipinski definition) is 4. The predicted octanol–water partition coefficient (Wildman–Crippen LogP) is 1.76. The Balaban J connectivity index is 2.25. The van der Waals surface area contributed by atoms with Gasteiger partial charge in [0.1, 0.15) is 0 Å². The number of unbranched alkanes of at least 4 members (excludes halogenated alkanes) is 2. The summed E-state index contributed by atoms with van der Waals surface area (Å²) in [6.07, 6.45) is 7.30. The maximum Gasteiger partial charge on any atom is 0.374 e. The van der Waals surface area contributed by atoms with Gasteiger partial charge in [-0.25, -0.2) is 9.78 Å². The van der Waals surface area contributed by atoms with Crippen LogP contribution in [0, 0.1) is 5.92 Å². The second kappa shape index (κ2) is 7.84. The van der Waals surface area contributed by atoms with Crippen LogP contribution in [0.5, 0.6) is 0 Å². The molecular formula is C12H20N2O3. The van der Waals surface area contributed by atoms with E-state index in [-0.39, 0.29) is 25.0 Å². The molecule has 2 N–H and O–H groups in total. The zero-order chi connectivity index (χ0) is 12.5. The quantitative estimate of drug-likeness (QED) is 0.536. The smallest absolute Gasteiger partial charge is 0.374 e. The Hall–Kier alpha value is -1.36. The Morgan fingerprint density at radius 3 is 3.00 bits per heavy atom. The molecule has 0 saturated carbocycles. The highest BCUT2D eigenvalue weighted by Crippen LogP contribution is 2.10. The van der Waals surface area contributed by atoms with Crippen LogP contribution in [0.15, 0.2) is 12.4 Å². The van der Waals surface area contributed by atoms with Gasteiger partial charge in [-0.1, -0.05) is 26.2 Å². The van der Waals surface area contributed by atoms with Gasteiger partial charge in [-0.2, -0.15) is 0 Å². The van der Waals surface area contributed by atoms with E-state index in [4.69, 9.17) is 9.84 Å². The van der Waals surface area contributed by atoms with E-state index >= 15 is 0 Å². The number of nitrogens with zero attached hydrogens (tertiary/aromatic N) is 1. The second-order valence-electron chi connectivity index (χ2n) is 4.08. The van der Waals surface area contributed by atoms with Crippen molar-refractivity contribution in [2.45, 2.75) is 32.6 Å². The van der Waals surface area contributed by atoms with Crippen molar-refractivity contribution in [1.29, 1.82) is 0 Å². The van der Waals surface area contributed by atoms with Crippen LogP contribution in [0.2, 0.25) is 0 Å². The highest BCUT2D eigenvalue weighted by atomic mass is 16.5. The third-order valence-electron chi connectivity index (χ3n) is 2.62. The van der Waals surface area contributed by atoms with Crippen molar-refractivity contribution in [3.05, 3.63) is 18.2 Å². The van der Waals surface area contributed by atoms with E-state index in [2.05, 4.69) is 16.9 Å². The fourth-order valence-corrected chi connectivity index (χ4v) is 1.55. The second-order valence-corrected chi connectivity index (χ2v) is 4.08. The maximum atomic E-state index is 11.5. The van der Waals surface area contributed by atoms with Crippen molar-refractivity contribution in [1.82, 2.24) is 9.97 Å². The Labute approximate surface area is 101 Å². The highest BCUT2D eigenvalue weighted by Gasteiger charge is 2.13. The number of imidazole rings is 1. The van der Waals surface area contributed by atoms with Crippen molar-refractivity contribution in [2.24, 2.45) is 5.92 Å². The molecule has 1 aromatic heterocycles. The van der Waals surface area contributed by atoms with Crippen molar-refractivity contribution in [2.75, 3.05) is 13.2 Å². The van der Waals surface area contributed by atoms with Gasteiger partial charge in [0.05, 0.1) is 6.61 Å². The number of H-pyrrole nitrogens is 1. The molecule has 0 aliphatic heterocycles. The van der Waals surface area contributed by atoms with Crippen LogP contribution in [0.4, 0.5) is 0 Å². The van der Waals surface area contributed by atoms with Crippen LogP contribution in [0.25, 0.3) is 0 Å². The molecule has 0 aliphatic carbocycles. The minimum atomic E-state index is -0.469. The van der Waals surface area contributed by atoms with Crippen LogP contribution in [0.1, 0.15) is 43.2 Å². The zero-order valence-corrected chi connectivity index (χ0v) is 10.2. The minimum Gasteiger partial charge on any atom is -0.459 e.